The Balaban J connectivity index is 2.60. The Morgan fingerprint density at radius 2 is 2.12 bits per heavy atom. The minimum Gasteiger partial charge on any atom is -0.486 e. The van der Waals surface area contributed by atoms with Crippen molar-refractivity contribution in [2.24, 2.45) is 0 Å². The Morgan fingerprint density at radius 1 is 1.41 bits per heavy atom. The summed E-state index contributed by atoms with van der Waals surface area (Å²) in [6.07, 6.45) is 1.30. The van der Waals surface area contributed by atoms with Crippen LogP contribution in [0.4, 0.5) is 0 Å². The molecule has 2 atom stereocenters. The standard InChI is InChI=1S/C12H12O5/c1-3-4-7-5-8-9(12(15)17-7)11(14)10(13)6(2)16-8/h3-6,10,13H,1-2H3/b4-3-/t6-,10+/m0/s1. The van der Waals surface area contributed by atoms with Crippen molar-refractivity contribution in [3.63, 3.8) is 0 Å². The summed E-state index contributed by atoms with van der Waals surface area (Å²) in [7, 11) is 0. The number of allylic oxidation sites excluding steroid dienone is 1. The first kappa shape index (κ1) is 11.6. The van der Waals surface area contributed by atoms with E-state index in [2.05, 4.69) is 0 Å². The summed E-state index contributed by atoms with van der Waals surface area (Å²) in [5.41, 5.74) is -1.00. The molecule has 90 valence electrons. The van der Waals surface area contributed by atoms with Crippen LogP contribution in [-0.2, 0) is 0 Å². The molecule has 2 rings (SSSR count). The zero-order chi connectivity index (χ0) is 12.6. The van der Waals surface area contributed by atoms with Crippen LogP contribution in [0.3, 0.4) is 0 Å². The normalized spacial score (nSPS) is 23.6. The molecule has 0 unspecified atom stereocenters. The Morgan fingerprint density at radius 3 is 2.76 bits per heavy atom. The summed E-state index contributed by atoms with van der Waals surface area (Å²) >= 11 is 0. The van der Waals surface area contributed by atoms with Crippen molar-refractivity contribution in [2.75, 3.05) is 0 Å². The number of carbonyl (C=O) groups is 1. The fourth-order valence-corrected chi connectivity index (χ4v) is 1.68. The quantitative estimate of drug-likeness (QED) is 0.787. The van der Waals surface area contributed by atoms with Crippen LogP contribution in [0, 0.1) is 0 Å². The molecule has 1 aromatic rings. The van der Waals surface area contributed by atoms with Gasteiger partial charge in [-0.1, -0.05) is 6.08 Å². The molecule has 5 heteroatoms. The Hall–Kier alpha value is -1.88. The molecule has 0 fully saturated rings. The van der Waals surface area contributed by atoms with Gasteiger partial charge in [0.1, 0.15) is 23.2 Å². The number of ketones is 1. The lowest BCUT2D eigenvalue weighted by Gasteiger charge is -2.25. The van der Waals surface area contributed by atoms with Crippen molar-refractivity contribution < 1.29 is 19.1 Å². The van der Waals surface area contributed by atoms with Crippen molar-refractivity contribution in [3.05, 3.63) is 33.9 Å². The SMILES string of the molecule is C/C=C\c1cc2c(c(=O)o1)C(=O)[C@H](O)[C@H](C)O2. The molecule has 0 spiro atoms. The predicted octanol–water partition coefficient (Wildman–Crippen LogP) is 0.997. The average molecular weight is 236 g/mol. The first-order valence-corrected chi connectivity index (χ1v) is 5.24. The van der Waals surface area contributed by atoms with E-state index in [1.165, 1.54) is 6.07 Å². The molecule has 1 aliphatic heterocycles. The second kappa shape index (κ2) is 4.18. The third-order valence-corrected chi connectivity index (χ3v) is 2.54. The summed E-state index contributed by atoms with van der Waals surface area (Å²) in [4.78, 5) is 23.3. The second-order valence-electron chi connectivity index (χ2n) is 3.81. The molecule has 0 saturated carbocycles. The van der Waals surface area contributed by atoms with Crippen molar-refractivity contribution >= 4 is 11.9 Å². The molecular formula is C12H12O5. The van der Waals surface area contributed by atoms with E-state index in [0.717, 1.165) is 0 Å². The van der Waals surface area contributed by atoms with Crippen LogP contribution in [-0.4, -0.2) is 23.1 Å². The number of aliphatic hydroxyl groups excluding tert-OH is 1. The van der Waals surface area contributed by atoms with E-state index in [-0.39, 0.29) is 11.3 Å². The van der Waals surface area contributed by atoms with E-state index < -0.39 is 23.6 Å². The van der Waals surface area contributed by atoms with E-state index in [9.17, 15) is 14.7 Å². The monoisotopic (exact) mass is 236 g/mol. The Bertz CT molecular complexity index is 540. The first-order valence-electron chi connectivity index (χ1n) is 5.24. The van der Waals surface area contributed by atoms with Gasteiger partial charge >= 0.3 is 5.63 Å². The van der Waals surface area contributed by atoms with Gasteiger partial charge in [0, 0.05) is 6.07 Å². The number of rotatable bonds is 1. The highest BCUT2D eigenvalue weighted by atomic mass is 16.5. The number of aliphatic hydroxyl groups is 1. The fraction of sp³-hybridized carbons (Fsp3) is 0.333. The average Bonchev–Trinajstić information content (AvgIpc) is 2.25. The highest BCUT2D eigenvalue weighted by molar-refractivity contribution is 6.02. The van der Waals surface area contributed by atoms with Crippen LogP contribution in [0.15, 0.2) is 21.4 Å². The largest absolute Gasteiger partial charge is 0.486 e. The van der Waals surface area contributed by atoms with Gasteiger partial charge in [-0.25, -0.2) is 4.79 Å². The van der Waals surface area contributed by atoms with Crippen LogP contribution >= 0.6 is 0 Å². The molecular weight excluding hydrogens is 224 g/mol. The van der Waals surface area contributed by atoms with Gasteiger partial charge in [-0.3, -0.25) is 4.79 Å². The number of carbonyl (C=O) groups excluding carboxylic acids is 1. The molecule has 5 nitrogen and oxygen atoms in total. The van der Waals surface area contributed by atoms with Gasteiger partial charge < -0.3 is 14.3 Å². The molecule has 17 heavy (non-hydrogen) atoms. The number of fused-ring (bicyclic) bond motifs is 1. The third-order valence-electron chi connectivity index (χ3n) is 2.54. The molecule has 1 aromatic heterocycles. The Labute approximate surface area is 97.3 Å². The van der Waals surface area contributed by atoms with Crippen LogP contribution < -0.4 is 10.4 Å². The van der Waals surface area contributed by atoms with E-state index in [1.807, 2.05) is 0 Å². The van der Waals surface area contributed by atoms with Gasteiger partial charge in [0.05, 0.1) is 0 Å². The van der Waals surface area contributed by atoms with Crippen molar-refractivity contribution in [3.8, 4) is 5.75 Å². The predicted molar refractivity (Wildman–Crippen MR) is 60.1 cm³/mol. The van der Waals surface area contributed by atoms with Gasteiger partial charge in [0.2, 0.25) is 5.78 Å². The van der Waals surface area contributed by atoms with Crippen LogP contribution in [0.2, 0.25) is 0 Å². The second-order valence-corrected chi connectivity index (χ2v) is 3.81. The maximum absolute atomic E-state index is 11.7. The smallest absolute Gasteiger partial charge is 0.351 e. The van der Waals surface area contributed by atoms with Gasteiger partial charge in [-0.05, 0) is 19.9 Å². The highest BCUT2D eigenvalue weighted by Gasteiger charge is 2.36. The lowest BCUT2D eigenvalue weighted by atomic mass is 10.0. The Kier molecular flexibility index (Phi) is 2.85. The molecule has 0 radical (unpaired) electrons. The highest BCUT2D eigenvalue weighted by Crippen LogP contribution is 2.26. The van der Waals surface area contributed by atoms with Gasteiger partial charge in [-0.2, -0.15) is 0 Å². The first-order chi connectivity index (χ1) is 8.04. The third kappa shape index (κ3) is 1.89. The fourth-order valence-electron chi connectivity index (χ4n) is 1.68. The number of Topliss-reactive ketones (excluding diaryl/α,β-unsaturated/α-hetero) is 1. The summed E-state index contributed by atoms with van der Waals surface area (Å²) in [6.45, 7) is 3.34. The van der Waals surface area contributed by atoms with Gasteiger partial charge in [0.15, 0.2) is 6.10 Å². The maximum atomic E-state index is 11.7. The zero-order valence-electron chi connectivity index (χ0n) is 9.47. The number of hydrogen-bond donors (Lipinski definition) is 1. The van der Waals surface area contributed by atoms with Gasteiger partial charge in [0.25, 0.3) is 0 Å². The number of ether oxygens (including phenoxy) is 1. The summed E-state index contributed by atoms with van der Waals surface area (Å²) in [5, 5.41) is 9.52. The topological polar surface area (TPSA) is 76.7 Å². The molecule has 0 saturated heterocycles. The summed E-state index contributed by atoms with van der Waals surface area (Å²) in [5.74, 6) is -0.177. The van der Waals surface area contributed by atoms with Crippen molar-refractivity contribution in [2.45, 2.75) is 26.1 Å². The zero-order valence-corrected chi connectivity index (χ0v) is 9.47. The minimum absolute atomic E-state index is 0.164. The van der Waals surface area contributed by atoms with E-state index in [0.29, 0.717) is 5.76 Å². The minimum atomic E-state index is -1.32. The van der Waals surface area contributed by atoms with Crippen LogP contribution in [0.1, 0.15) is 30.0 Å². The molecule has 2 heterocycles. The molecule has 0 bridgehead atoms. The van der Waals surface area contributed by atoms with E-state index >= 15 is 0 Å². The molecule has 1 aliphatic rings. The molecule has 0 amide bonds. The molecule has 0 aromatic carbocycles. The molecule has 1 N–H and O–H groups in total. The van der Waals surface area contributed by atoms with Crippen LogP contribution in [0.25, 0.3) is 6.08 Å². The van der Waals surface area contributed by atoms with Gasteiger partial charge in [-0.15, -0.1) is 0 Å². The van der Waals surface area contributed by atoms with Crippen molar-refractivity contribution in [1.29, 1.82) is 0 Å². The summed E-state index contributed by atoms with van der Waals surface area (Å²) < 4.78 is 10.2. The van der Waals surface area contributed by atoms with E-state index in [4.69, 9.17) is 9.15 Å². The summed E-state index contributed by atoms with van der Waals surface area (Å²) in [6, 6.07) is 1.47. The lowest BCUT2D eigenvalue weighted by molar-refractivity contribution is 0.0280. The number of hydrogen-bond acceptors (Lipinski definition) is 5. The van der Waals surface area contributed by atoms with E-state index in [1.54, 1.807) is 26.0 Å². The van der Waals surface area contributed by atoms with Crippen LogP contribution in [0.5, 0.6) is 5.75 Å². The maximum Gasteiger partial charge on any atom is 0.351 e. The molecule has 0 aliphatic carbocycles. The lowest BCUT2D eigenvalue weighted by Crippen LogP contribution is -2.42. The van der Waals surface area contributed by atoms with Crippen molar-refractivity contribution in [1.82, 2.24) is 0 Å².